The molecule has 33 heavy (non-hydrogen) atoms. The Bertz CT molecular complexity index is 955. The van der Waals surface area contributed by atoms with Crippen molar-refractivity contribution in [3.8, 4) is 6.07 Å². The van der Waals surface area contributed by atoms with E-state index >= 15 is 0 Å². The molecule has 1 aliphatic carbocycles. The van der Waals surface area contributed by atoms with Crippen molar-refractivity contribution in [3.63, 3.8) is 0 Å². The third kappa shape index (κ3) is 3.71. The number of hydrogen-bond acceptors (Lipinski definition) is 5. The lowest BCUT2D eigenvalue weighted by Crippen LogP contribution is -2.61. The zero-order chi connectivity index (χ0) is 23.2. The van der Waals surface area contributed by atoms with Gasteiger partial charge in [-0.3, -0.25) is 14.5 Å². The summed E-state index contributed by atoms with van der Waals surface area (Å²) in [7, 11) is 0. The van der Waals surface area contributed by atoms with E-state index in [1.54, 1.807) is 4.90 Å². The Morgan fingerprint density at radius 3 is 2.61 bits per heavy atom. The molecule has 3 aliphatic heterocycles. The number of likely N-dealkylation sites (tertiary alicyclic amines) is 3. The first-order chi connectivity index (χ1) is 15.9. The molecule has 3 heterocycles. The van der Waals surface area contributed by atoms with Gasteiger partial charge in [0, 0.05) is 25.7 Å². The molecule has 4 aliphatic rings. The minimum Gasteiger partial charge on any atom is -0.327 e. The van der Waals surface area contributed by atoms with Crippen LogP contribution in [0.25, 0.3) is 0 Å². The van der Waals surface area contributed by atoms with Gasteiger partial charge < -0.3 is 15.5 Å². The number of hydrogen-bond donors (Lipinski definition) is 1. The zero-order valence-electron chi connectivity index (χ0n) is 19.0. The van der Waals surface area contributed by atoms with Gasteiger partial charge in [-0.25, -0.2) is 4.39 Å². The maximum absolute atomic E-state index is 13.7. The smallest absolute Gasteiger partial charge is 0.241 e. The highest BCUT2D eigenvalue weighted by atomic mass is 19.1. The molecular weight excluding hydrogens is 421 g/mol. The molecule has 1 unspecified atom stereocenters. The second-order valence-corrected chi connectivity index (χ2v) is 10.1. The average Bonchev–Trinajstić information content (AvgIpc) is 3.54. The molecule has 1 aromatic rings. The van der Waals surface area contributed by atoms with Crippen LogP contribution < -0.4 is 5.73 Å². The Morgan fingerprint density at radius 1 is 1.21 bits per heavy atom. The van der Waals surface area contributed by atoms with Crippen LogP contribution in [0.5, 0.6) is 0 Å². The fraction of sp³-hybridized carbons (Fsp3) is 0.640. The lowest BCUT2D eigenvalue weighted by molar-refractivity contribution is -0.147. The maximum Gasteiger partial charge on any atom is 0.241 e. The van der Waals surface area contributed by atoms with E-state index in [4.69, 9.17) is 5.73 Å². The van der Waals surface area contributed by atoms with E-state index in [9.17, 15) is 19.2 Å². The van der Waals surface area contributed by atoms with Crippen LogP contribution in [0.4, 0.5) is 4.39 Å². The van der Waals surface area contributed by atoms with Crippen molar-refractivity contribution in [2.24, 2.45) is 5.73 Å². The normalized spacial score (nSPS) is 30.0. The van der Waals surface area contributed by atoms with Crippen LogP contribution in [0.2, 0.25) is 0 Å². The summed E-state index contributed by atoms with van der Waals surface area (Å²) in [4.78, 5) is 32.3. The number of carbonyl (C=O) groups is 2. The van der Waals surface area contributed by atoms with Crippen molar-refractivity contribution in [1.29, 1.82) is 5.26 Å². The topological polar surface area (TPSA) is 93.7 Å². The Kier molecular flexibility index (Phi) is 5.87. The molecule has 4 fully saturated rings. The van der Waals surface area contributed by atoms with Crippen LogP contribution in [0.3, 0.4) is 0 Å². The van der Waals surface area contributed by atoms with Gasteiger partial charge in [0.1, 0.15) is 11.9 Å². The van der Waals surface area contributed by atoms with Gasteiger partial charge in [-0.15, -0.1) is 0 Å². The summed E-state index contributed by atoms with van der Waals surface area (Å²) in [6, 6.07) is 7.55. The Morgan fingerprint density at radius 2 is 1.94 bits per heavy atom. The fourth-order valence-electron chi connectivity index (χ4n) is 6.70. The molecule has 0 radical (unpaired) electrons. The molecule has 8 heteroatoms. The number of nitrogens with zero attached hydrogens (tertiary/aromatic N) is 4. The van der Waals surface area contributed by atoms with Crippen molar-refractivity contribution >= 4 is 11.8 Å². The summed E-state index contributed by atoms with van der Waals surface area (Å²) < 4.78 is 13.6. The summed E-state index contributed by atoms with van der Waals surface area (Å²) >= 11 is 0. The summed E-state index contributed by atoms with van der Waals surface area (Å²) in [5.41, 5.74) is 6.93. The number of amides is 2. The highest BCUT2D eigenvalue weighted by Crippen LogP contribution is 2.48. The highest BCUT2D eigenvalue weighted by Gasteiger charge is 2.57. The van der Waals surface area contributed by atoms with Gasteiger partial charge in [0.25, 0.3) is 0 Å². The number of nitriles is 1. The van der Waals surface area contributed by atoms with E-state index in [2.05, 4.69) is 15.9 Å². The quantitative estimate of drug-likeness (QED) is 0.737. The monoisotopic (exact) mass is 453 g/mol. The lowest BCUT2D eigenvalue weighted by Gasteiger charge is -2.50. The van der Waals surface area contributed by atoms with E-state index in [0.29, 0.717) is 26.1 Å². The predicted molar refractivity (Wildman–Crippen MR) is 120 cm³/mol. The fourth-order valence-corrected chi connectivity index (χ4v) is 6.70. The Balaban J connectivity index is 1.32. The van der Waals surface area contributed by atoms with E-state index in [1.165, 1.54) is 12.1 Å². The van der Waals surface area contributed by atoms with Gasteiger partial charge in [-0.2, -0.15) is 5.26 Å². The minimum absolute atomic E-state index is 0.0756. The van der Waals surface area contributed by atoms with Gasteiger partial charge in [0.05, 0.1) is 23.7 Å². The number of halogens is 1. The van der Waals surface area contributed by atoms with Gasteiger partial charge >= 0.3 is 0 Å². The molecular formula is C25H32FN5O2. The number of piperazine rings is 1. The predicted octanol–water partition coefficient (Wildman–Crippen LogP) is 2.11. The molecule has 5 rings (SSSR count). The lowest BCUT2D eigenvalue weighted by atomic mass is 9.74. The summed E-state index contributed by atoms with van der Waals surface area (Å²) in [6.45, 7) is 1.60. The van der Waals surface area contributed by atoms with Crippen molar-refractivity contribution in [3.05, 3.63) is 35.6 Å². The van der Waals surface area contributed by atoms with Crippen LogP contribution in [0.15, 0.2) is 24.3 Å². The third-order valence-electron chi connectivity index (χ3n) is 8.23. The van der Waals surface area contributed by atoms with Gasteiger partial charge in [-0.1, -0.05) is 31.4 Å². The Hall–Kier alpha value is -2.50. The number of carbonyl (C=O) groups excluding carboxylic acids is 2. The third-order valence-corrected chi connectivity index (χ3v) is 8.23. The standard InChI is InChI=1S/C25H32FN5O2/c26-18-8-6-17(7-9-18)25(10-2-1-3-11-25)31-20-13-22(24(31)33)29(15-20)16-21(28)23(32)30-12-4-5-19(30)14-27/h6-9,19-22H,1-5,10-13,15-16,28H2/t19-,20?,21-,22-/m0/s1. The molecule has 2 amide bonds. The van der Waals surface area contributed by atoms with Gasteiger partial charge in [0.2, 0.25) is 11.8 Å². The SMILES string of the molecule is N#C[C@@H]1CCCN1C(=O)[C@@H](N)CN1CC2C[C@H]1C(=O)N2C1(c2ccc(F)cc2)CCCCC1. The molecule has 3 saturated heterocycles. The molecule has 176 valence electrons. The minimum atomic E-state index is -0.736. The number of benzene rings is 1. The molecule has 2 bridgehead atoms. The molecule has 0 aromatic heterocycles. The van der Waals surface area contributed by atoms with E-state index in [-0.39, 0.29) is 35.3 Å². The second kappa shape index (κ2) is 8.69. The maximum atomic E-state index is 13.7. The molecule has 4 atom stereocenters. The summed E-state index contributed by atoms with van der Waals surface area (Å²) in [5.74, 6) is -0.352. The van der Waals surface area contributed by atoms with Gasteiger partial charge in [0.15, 0.2) is 0 Å². The number of fused-ring (bicyclic) bond motifs is 2. The summed E-state index contributed by atoms with van der Waals surface area (Å²) in [6.07, 6.45) is 7.32. The first-order valence-corrected chi connectivity index (χ1v) is 12.2. The van der Waals surface area contributed by atoms with E-state index in [0.717, 1.165) is 50.5 Å². The highest BCUT2D eigenvalue weighted by molar-refractivity contribution is 5.87. The number of nitrogens with two attached hydrogens (primary N) is 1. The van der Waals surface area contributed by atoms with Crippen LogP contribution in [0, 0.1) is 17.1 Å². The van der Waals surface area contributed by atoms with Crippen molar-refractivity contribution in [2.45, 2.75) is 81.1 Å². The van der Waals surface area contributed by atoms with Crippen LogP contribution in [-0.4, -0.2) is 70.3 Å². The Labute approximate surface area is 194 Å². The first kappa shape index (κ1) is 22.3. The van der Waals surface area contributed by atoms with E-state index < -0.39 is 12.1 Å². The first-order valence-electron chi connectivity index (χ1n) is 12.2. The molecule has 7 nitrogen and oxygen atoms in total. The molecule has 0 spiro atoms. The molecule has 1 saturated carbocycles. The van der Waals surface area contributed by atoms with Crippen LogP contribution in [-0.2, 0) is 15.1 Å². The zero-order valence-corrected chi connectivity index (χ0v) is 19.0. The van der Waals surface area contributed by atoms with Crippen LogP contribution >= 0.6 is 0 Å². The van der Waals surface area contributed by atoms with Crippen molar-refractivity contribution < 1.29 is 14.0 Å². The van der Waals surface area contributed by atoms with E-state index in [1.807, 2.05) is 12.1 Å². The second-order valence-electron chi connectivity index (χ2n) is 10.1. The largest absolute Gasteiger partial charge is 0.327 e. The van der Waals surface area contributed by atoms with Crippen molar-refractivity contribution in [2.75, 3.05) is 19.6 Å². The average molecular weight is 454 g/mol. The molecule has 1 aromatic carbocycles. The van der Waals surface area contributed by atoms with Gasteiger partial charge in [-0.05, 0) is 49.8 Å². The van der Waals surface area contributed by atoms with Crippen LogP contribution in [0.1, 0.15) is 56.9 Å². The number of rotatable bonds is 5. The molecule has 2 N–H and O–H groups in total. The summed E-state index contributed by atoms with van der Waals surface area (Å²) in [5, 5.41) is 9.29. The van der Waals surface area contributed by atoms with Crippen molar-refractivity contribution in [1.82, 2.24) is 14.7 Å².